The number of nitrogens with zero attached hydrogens (tertiary/aromatic N) is 1. The molecule has 1 N–H and O–H groups in total. The zero-order valence-corrected chi connectivity index (χ0v) is 11.7. The van der Waals surface area contributed by atoms with Crippen molar-refractivity contribution >= 4 is 10.0 Å². The van der Waals surface area contributed by atoms with Crippen LogP contribution >= 0.6 is 0 Å². The van der Waals surface area contributed by atoms with E-state index in [0.717, 1.165) is 45.3 Å². The minimum absolute atomic E-state index is 0.0490. The largest absolute Gasteiger partial charge is 0.497 e. The molecule has 0 aromatic heterocycles. The molecule has 0 spiro atoms. The summed E-state index contributed by atoms with van der Waals surface area (Å²) in [6.45, 7) is 2.72. The second kappa shape index (κ2) is 6.04. The van der Waals surface area contributed by atoms with Gasteiger partial charge in [-0.3, -0.25) is 4.90 Å². The molecule has 2 aliphatic rings. The predicted octanol–water partition coefficient (Wildman–Crippen LogP) is 0.693. The van der Waals surface area contributed by atoms with Gasteiger partial charge in [0.05, 0.1) is 12.5 Å². The number of hydrogen-bond donors (Lipinski definition) is 1. The van der Waals surface area contributed by atoms with Crippen LogP contribution in [0.3, 0.4) is 0 Å². The minimum atomic E-state index is -3.10. The molecule has 0 saturated carbocycles. The van der Waals surface area contributed by atoms with Crippen LogP contribution in [0.2, 0.25) is 0 Å². The van der Waals surface area contributed by atoms with Gasteiger partial charge < -0.3 is 4.74 Å². The van der Waals surface area contributed by atoms with E-state index < -0.39 is 10.0 Å². The number of hydrogen-bond acceptors (Lipinski definition) is 4. The fraction of sp³-hybridized carbons (Fsp3) is 0.833. The Kier molecular flexibility index (Phi) is 4.64. The summed E-state index contributed by atoms with van der Waals surface area (Å²) in [5.74, 6) is 0. The molecule has 5 nitrogen and oxygen atoms in total. The lowest BCUT2D eigenvalue weighted by atomic mass is 10.1. The molecule has 2 rings (SSSR count). The molecule has 0 bridgehead atoms. The molecule has 104 valence electrons. The first-order valence-corrected chi connectivity index (χ1v) is 8.42. The highest BCUT2D eigenvalue weighted by molar-refractivity contribution is 7.88. The first-order valence-electron chi connectivity index (χ1n) is 6.53. The van der Waals surface area contributed by atoms with Gasteiger partial charge in [-0.25, -0.2) is 13.1 Å². The van der Waals surface area contributed by atoms with Gasteiger partial charge in [0, 0.05) is 19.1 Å². The molecule has 6 heteroatoms. The van der Waals surface area contributed by atoms with Gasteiger partial charge in [-0.15, -0.1) is 0 Å². The molecule has 2 unspecified atom stereocenters. The molecule has 1 saturated heterocycles. The number of piperidine rings is 1. The smallest absolute Gasteiger partial charge is 0.208 e. The summed E-state index contributed by atoms with van der Waals surface area (Å²) < 4.78 is 30.7. The molecule has 2 atom stereocenters. The van der Waals surface area contributed by atoms with Gasteiger partial charge in [-0.2, -0.15) is 0 Å². The minimum Gasteiger partial charge on any atom is -0.497 e. The summed E-state index contributed by atoms with van der Waals surface area (Å²) >= 11 is 0. The van der Waals surface area contributed by atoms with Crippen LogP contribution in [0.4, 0.5) is 0 Å². The highest BCUT2D eigenvalue weighted by Crippen LogP contribution is 2.16. The Morgan fingerprint density at radius 2 is 2.28 bits per heavy atom. The van der Waals surface area contributed by atoms with E-state index in [9.17, 15) is 8.42 Å². The summed E-state index contributed by atoms with van der Waals surface area (Å²) in [6, 6.07) is 0.0490. The maximum Gasteiger partial charge on any atom is 0.208 e. The summed E-state index contributed by atoms with van der Waals surface area (Å²) in [7, 11) is -3.10. The highest BCUT2D eigenvalue weighted by atomic mass is 32.2. The van der Waals surface area contributed by atoms with Gasteiger partial charge in [-0.1, -0.05) is 0 Å². The van der Waals surface area contributed by atoms with Crippen LogP contribution in [0.1, 0.15) is 25.7 Å². The molecule has 0 aliphatic carbocycles. The van der Waals surface area contributed by atoms with Crippen LogP contribution in [0.15, 0.2) is 12.3 Å². The number of ether oxygens (including phenoxy) is 1. The van der Waals surface area contributed by atoms with Crippen LogP contribution in [-0.4, -0.2) is 51.4 Å². The fourth-order valence-electron chi connectivity index (χ4n) is 2.63. The van der Waals surface area contributed by atoms with Crippen molar-refractivity contribution in [2.45, 2.75) is 37.8 Å². The summed E-state index contributed by atoms with van der Waals surface area (Å²) in [4.78, 5) is 2.30. The van der Waals surface area contributed by atoms with E-state index in [4.69, 9.17) is 4.74 Å². The van der Waals surface area contributed by atoms with Crippen molar-refractivity contribution in [1.29, 1.82) is 0 Å². The van der Waals surface area contributed by atoms with E-state index in [0.29, 0.717) is 0 Å². The Morgan fingerprint density at radius 1 is 1.44 bits per heavy atom. The lowest BCUT2D eigenvalue weighted by Gasteiger charge is -2.35. The Balaban J connectivity index is 1.81. The lowest BCUT2D eigenvalue weighted by Crippen LogP contribution is -2.49. The third kappa shape index (κ3) is 4.59. The summed E-state index contributed by atoms with van der Waals surface area (Å²) in [5, 5.41) is 0. The monoisotopic (exact) mass is 274 g/mol. The standard InChI is InChI=1S/C12H22N2O3S/c1-18(15,16)13-11-5-4-7-14(9-11)10-12-6-2-3-8-17-12/h3,8,11-13H,2,4-7,9-10H2,1H3. The van der Waals surface area contributed by atoms with Crippen molar-refractivity contribution < 1.29 is 13.2 Å². The van der Waals surface area contributed by atoms with Crippen molar-refractivity contribution in [3.05, 3.63) is 12.3 Å². The second-order valence-electron chi connectivity index (χ2n) is 5.20. The zero-order valence-electron chi connectivity index (χ0n) is 10.8. The zero-order chi connectivity index (χ0) is 13.0. The van der Waals surface area contributed by atoms with Crippen LogP contribution < -0.4 is 4.72 Å². The third-order valence-corrected chi connectivity index (χ3v) is 4.13. The molecular weight excluding hydrogens is 252 g/mol. The fourth-order valence-corrected chi connectivity index (χ4v) is 3.43. The average molecular weight is 274 g/mol. The molecule has 1 fully saturated rings. The van der Waals surface area contributed by atoms with Gasteiger partial charge in [-0.05, 0) is 38.3 Å². The third-order valence-electron chi connectivity index (χ3n) is 3.37. The van der Waals surface area contributed by atoms with Gasteiger partial charge in [0.25, 0.3) is 0 Å². The molecule has 0 aromatic carbocycles. The lowest BCUT2D eigenvalue weighted by molar-refractivity contribution is 0.0667. The Hall–Kier alpha value is -0.590. The van der Waals surface area contributed by atoms with E-state index in [2.05, 4.69) is 9.62 Å². The Bertz CT molecular complexity index is 394. The van der Waals surface area contributed by atoms with Gasteiger partial charge in [0.2, 0.25) is 10.0 Å². The predicted molar refractivity (Wildman–Crippen MR) is 70.7 cm³/mol. The van der Waals surface area contributed by atoms with Crippen LogP contribution in [0, 0.1) is 0 Å². The first kappa shape index (κ1) is 13.8. The van der Waals surface area contributed by atoms with E-state index in [1.807, 2.05) is 6.08 Å². The Labute approximate surface area is 109 Å². The van der Waals surface area contributed by atoms with Gasteiger partial charge >= 0.3 is 0 Å². The molecule has 2 heterocycles. The van der Waals surface area contributed by atoms with E-state index in [1.54, 1.807) is 6.26 Å². The second-order valence-corrected chi connectivity index (χ2v) is 6.98. The van der Waals surface area contributed by atoms with Crippen molar-refractivity contribution in [3.8, 4) is 0 Å². The van der Waals surface area contributed by atoms with Crippen molar-refractivity contribution in [1.82, 2.24) is 9.62 Å². The highest BCUT2D eigenvalue weighted by Gasteiger charge is 2.24. The number of rotatable bonds is 4. The van der Waals surface area contributed by atoms with Gasteiger partial charge in [0.1, 0.15) is 6.10 Å². The van der Waals surface area contributed by atoms with Crippen LogP contribution in [0.5, 0.6) is 0 Å². The van der Waals surface area contributed by atoms with E-state index >= 15 is 0 Å². The van der Waals surface area contributed by atoms with Crippen LogP contribution in [0.25, 0.3) is 0 Å². The molecule has 0 radical (unpaired) electrons. The number of allylic oxidation sites excluding steroid dienone is 1. The Morgan fingerprint density at radius 3 is 2.94 bits per heavy atom. The van der Waals surface area contributed by atoms with E-state index in [1.165, 1.54) is 6.26 Å². The summed E-state index contributed by atoms with van der Waals surface area (Å²) in [5.41, 5.74) is 0. The molecule has 0 amide bonds. The van der Waals surface area contributed by atoms with Gasteiger partial charge in [0.15, 0.2) is 0 Å². The quantitative estimate of drug-likeness (QED) is 0.819. The SMILES string of the molecule is CS(=O)(=O)NC1CCCN(CC2CCC=CO2)C1. The molecular formula is C12H22N2O3S. The number of nitrogens with one attached hydrogen (secondary N) is 1. The van der Waals surface area contributed by atoms with Crippen molar-refractivity contribution in [3.63, 3.8) is 0 Å². The molecule has 18 heavy (non-hydrogen) atoms. The maximum absolute atomic E-state index is 11.2. The maximum atomic E-state index is 11.2. The number of likely N-dealkylation sites (tertiary alicyclic amines) is 1. The molecule has 0 aromatic rings. The van der Waals surface area contributed by atoms with E-state index in [-0.39, 0.29) is 12.1 Å². The van der Waals surface area contributed by atoms with Crippen molar-refractivity contribution in [2.75, 3.05) is 25.9 Å². The average Bonchev–Trinajstić information content (AvgIpc) is 2.28. The van der Waals surface area contributed by atoms with Crippen molar-refractivity contribution in [2.24, 2.45) is 0 Å². The molecule has 2 aliphatic heterocycles. The van der Waals surface area contributed by atoms with Crippen LogP contribution in [-0.2, 0) is 14.8 Å². The topological polar surface area (TPSA) is 58.6 Å². The number of sulfonamides is 1. The normalized spacial score (nSPS) is 30.1. The first-order chi connectivity index (χ1) is 8.53. The summed E-state index contributed by atoms with van der Waals surface area (Å²) in [6.07, 6.45) is 9.39.